The maximum absolute atomic E-state index is 6.04. The summed E-state index contributed by atoms with van der Waals surface area (Å²) in [6.07, 6.45) is 1.01. The lowest BCUT2D eigenvalue weighted by molar-refractivity contribution is 0.751. The summed E-state index contributed by atoms with van der Waals surface area (Å²) in [6, 6.07) is 6.13. The Bertz CT molecular complexity index is 639. The van der Waals surface area contributed by atoms with E-state index < -0.39 is 0 Å². The van der Waals surface area contributed by atoms with E-state index in [0.29, 0.717) is 5.69 Å². The van der Waals surface area contributed by atoms with Crippen molar-refractivity contribution >= 4 is 28.4 Å². The minimum absolute atomic E-state index is 0.242. The van der Waals surface area contributed by atoms with E-state index in [4.69, 9.17) is 11.5 Å². The van der Waals surface area contributed by atoms with E-state index in [-0.39, 0.29) is 6.04 Å². The van der Waals surface area contributed by atoms with Gasteiger partial charge in [-0.15, -0.1) is 0 Å². The number of anilines is 3. The van der Waals surface area contributed by atoms with E-state index in [0.717, 1.165) is 42.2 Å². The third kappa shape index (κ3) is 2.22. The van der Waals surface area contributed by atoms with E-state index in [1.807, 2.05) is 37.2 Å². The first-order valence-corrected chi connectivity index (χ1v) is 6.80. The average Bonchev–Trinajstić information content (AvgIpc) is 2.83. The first-order chi connectivity index (χ1) is 9.54. The first-order valence-electron chi connectivity index (χ1n) is 6.80. The Balaban J connectivity index is 2.01. The second kappa shape index (κ2) is 4.79. The molecule has 20 heavy (non-hydrogen) atoms. The van der Waals surface area contributed by atoms with Crippen LogP contribution in [0.15, 0.2) is 18.2 Å². The number of hydrogen-bond donors (Lipinski definition) is 2. The van der Waals surface area contributed by atoms with Crippen molar-refractivity contribution in [3.63, 3.8) is 0 Å². The van der Waals surface area contributed by atoms with Crippen LogP contribution in [0.5, 0.6) is 0 Å². The van der Waals surface area contributed by atoms with Gasteiger partial charge in [0, 0.05) is 33.2 Å². The second-order valence-electron chi connectivity index (χ2n) is 5.50. The van der Waals surface area contributed by atoms with Crippen LogP contribution in [0.2, 0.25) is 0 Å². The molecule has 0 spiro atoms. The van der Waals surface area contributed by atoms with Gasteiger partial charge in [0.25, 0.3) is 0 Å². The fourth-order valence-corrected chi connectivity index (χ4v) is 2.58. The molecule has 6 heteroatoms. The zero-order valence-corrected chi connectivity index (χ0v) is 11.9. The summed E-state index contributed by atoms with van der Waals surface area (Å²) < 4.78 is 0. The Hall–Kier alpha value is -2.08. The fourth-order valence-electron chi connectivity index (χ4n) is 2.58. The molecule has 1 fully saturated rings. The highest BCUT2D eigenvalue weighted by molar-refractivity contribution is 5.84. The van der Waals surface area contributed by atoms with Gasteiger partial charge < -0.3 is 21.3 Å². The molecule has 106 valence electrons. The predicted molar refractivity (Wildman–Crippen MR) is 83.1 cm³/mol. The minimum Gasteiger partial charge on any atom is -0.396 e. The maximum Gasteiger partial charge on any atom is 0.152 e. The molecule has 0 aromatic carbocycles. The number of hydrogen-bond acceptors (Lipinski definition) is 6. The molecule has 1 aliphatic rings. The van der Waals surface area contributed by atoms with Crippen LogP contribution in [0.3, 0.4) is 0 Å². The van der Waals surface area contributed by atoms with Gasteiger partial charge in [-0.25, -0.2) is 9.97 Å². The highest BCUT2D eigenvalue weighted by atomic mass is 15.2. The van der Waals surface area contributed by atoms with Gasteiger partial charge in [-0.1, -0.05) is 0 Å². The normalized spacial score (nSPS) is 18.8. The summed E-state index contributed by atoms with van der Waals surface area (Å²) in [5.41, 5.74) is 14.3. The smallest absolute Gasteiger partial charge is 0.152 e. The highest BCUT2D eigenvalue weighted by Crippen LogP contribution is 2.26. The summed E-state index contributed by atoms with van der Waals surface area (Å²) in [7, 11) is 3.86. The van der Waals surface area contributed by atoms with E-state index in [2.05, 4.69) is 14.9 Å². The van der Waals surface area contributed by atoms with E-state index in [9.17, 15) is 0 Å². The van der Waals surface area contributed by atoms with Crippen LogP contribution >= 0.6 is 0 Å². The van der Waals surface area contributed by atoms with Gasteiger partial charge in [-0.2, -0.15) is 0 Å². The lowest BCUT2D eigenvalue weighted by atomic mass is 10.2. The molecule has 0 saturated carbocycles. The third-order valence-electron chi connectivity index (χ3n) is 3.64. The summed E-state index contributed by atoms with van der Waals surface area (Å²) in [4.78, 5) is 13.3. The van der Waals surface area contributed by atoms with Crippen molar-refractivity contribution < 1.29 is 0 Å². The van der Waals surface area contributed by atoms with E-state index in [1.165, 1.54) is 0 Å². The number of nitrogens with two attached hydrogens (primary N) is 2. The topological polar surface area (TPSA) is 84.3 Å². The van der Waals surface area contributed by atoms with Crippen molar-refractivity contribution in [1.29, 1.82) is 0 Å². The Morgan fingerprint density at radius 1 is 1.25 bits per heavy atom. The summed E-state index contributed by atoms with van der Waals surface area (Å²) in [5.74, 6) is 1.72. The number of rotatable bonds is 2. The van der Waals surface area contributed by atoms with Crippen LogP contribution < -0.4 is 21.3 Å². The highest BCUT2D eigenvalue weighted by Gasteiger charge is 2.20. The van der Waals surface area contributed by atoms with Gasteiger partial charge >= 0.3 is 0 Å². The van der Waals surface area contributed by atoms with Crippen molar-refractivity contribution in [3.8, 4) is 0 Å². The van der Waals surface area contributed by atoms with Crippen molar-refractivity contribution in [1.82, 2.24) is 9.97 Å². The van der Waals surface area contributed by atoms with Gasteiger partial charge in [0.1, 0.15) is 5.82 Å². The predicted octanol–water partition coefficient (Wildman–Crippen LogP) is 0.815. The number of nitrogen functional groups attached to an aromatic ring is 1. The molecule has 1 saturated heterocycles. The molecule has 6 nitrogen and oxygen atoms in total. The minimum atomic E-state index is 0.242. The molecular formula is C14H20N6. The average molecular weight is 272 g/mol. The van der Waals surface area contributed by atoms with Crippen LogP contribution in [0.1, 0.15) is 6.42 Å². The Kier molecular flexibility index (Phi) is 3.10. The van der Waals surface area contributed by atoms with Crippen LogP contribution in [-0.2, 0) is 0 Å². The van der Waals surface area contributed by atoms with Gasteiger partial charge in [0.2, 0.25) is 0 Å². The Labute approximate surface area is 118 Å². The molecule has 3 rings (SSSR count). The number of fused-ring (bicyclic) bond motifs is 1. The van der Waals surface area contributed by atoms with E-state index in [1.54, 1.807) is 0 Å². The molecule has 2 aromatic rings. The molecule has 1 aliphatic heterocycles. The van der Waals surface area contributed by atoms with Crippen LogP contribution in [0.4, 0.5) is 17.3 Å². The van der Waals surface area contributed by atoms with Gasteiger partial charge in [0.05, 0.1) is 16.7 Å². The van der Waals surface area contributed by atoms with Crippen LogP contribution in [0, 0.1) is 0 Å². The molecule has 0 radical (unpaired) electrons. The number of aromatic nitrogens is 2. The molecule has 0 amide bonds. The molecule has 1 atom stereocenters. The standard InChI is InChI=1S/C14H20N6/c1-19(2)14-10(16)7-12-11(18-14)3-4-13(17-12)20-6-5-9(15)8-20/h3-4,7,9H,5-6,8,15-16H2,1-2H3. The third-order valence-corrected chi connectivity index (χ3v) is 3.64. The quantitative estimate of drug-likeness (QED) is 0.842. The molecule has 2 aromatic heterocycles. The number of nitrogens with zero attached hydrogens (tertiary/aromatic N) is 4. The van der Waals surface area contributed by atoms with Gasteiger partial charge in [0.15, 0.2) is 5.82 Å². The molecule has 0 bridgehead atoms. The Morgan fingerprint density at radius 2 is 2.05 bits per heavy atom. The molecule has 4 N–H and O–H groups in total. The Morgan fingerprint density at radius 3 is 2.70 bits per heavy atom. The maximum atomic E-state index is 6.04. The van der Waals surface area contributed by atoms with Crippen molar-refractivity contribution in [2.75, 3.05) is 42.7 Å². The first kappa shape index (κ1) is 12.9. The molecular weight excluding hydrogens is 252 g/mol. The second-order valence-corrected chi connectivity index (χ2v) is 5.50. The molecule has 3 heterocycles. The van der Waals surface area contributed by atoms with Crippen molar-refractivity contribution in [2.24, 2.45) is 5.73 Å². The summed E-state index contributed by atoms with van der Waals surface area (Å²) in [5, 5.41) is 0. The van der Waals surface area contributed by atoms with Crippen molar-refractivity contribution in [2.45, 2.75) is 12.5 Å². The van der Waals surface area contributed by atoms with Crippen LogP contribution in [0.25, 0.3) is 11.0 Å². The van der Waals surface area contributed by atoms with Crippen molar-refractivity contribution in [3.05, 3.63) is 18.2 Å². The summed E-state index contributed by atoms with van der Waals surface area (Å²) >= 11 is 0. The molecule has 1 unspecified atom stereocenters. The van der Waals surface area contributed by atoms with Gasteiger partial charge in [-0.05, 0) is 24.6 Å². The monoisotopic (exact) mass is 272 g/mol. The zero-order chi connectivity index (χ0) is 14.3. The van der Waals surface area contributed by atoms with Crippen LogP contribution in [-0.4, -0.2) is 43.2 Å². The van der Waals surface area contributed by atoms with Gasteiger partial charge in [-0.3, -0.25) is 0 Å². The zero-order valence-electron chi connectivity index (χ0n) is 11.9. The summed E-state index contributed by atoms with van der Waals surface area (Å²) in [6.45, 7) is 1.82. The largest absolute Gasteiger partial charge is 0.396 e. The molecule has 0 aliphatic carbocycles. The fraction of sp³-hybridized carbons (Fsp3) is 0.429. The number of pyridine rings is 2. The SMILES string of the molecule is CN(C)c1nc2ccc(N3CCC(N)C3)nc2cc1N. The lowest BCUT2D eigenvalue weighted by Gasteiger charge is -2.18. The lowest BCUT2D eigenvalue weighted by Crippen LogP contribution is -2.26. The van der Waals surface area contributed by atoms with E-state index >= 15 is 0 Å².